The highest BCUT2D eigenvalue weighted by atomic mass is 16.5. The summed E-state index contributed by atoms with van der Waals surface area (Å²) in [4.78, 5) is 3.98. The van der Waals surface area contributed by atoms with Crippen LogP contribution in [0.4, 0.5) is 0 Å². The third-order valence-corrected chi connectivity index (χ3v) is 3.14. The summed E-state index contributed by atoms with van der Waals surface area (Å²) in [5.74, 6) is 0.790. The predicted octanol–water partition coefficient (Wildman–Crippen LogP) is 3.34. The topological polar surface area (TPSA) is 51.0 Å². The van der Waals surface area contributed by atoms with Gasteiger partial charge in [-0.1, -0.05) is 57.0 Å². The van der Waals surface area contributed by atoms with Gasteiger partial charge in [0.25, 0.3) is 0 Å². The normalized spacial score (nSPS) is 10.9. The molecular weight excluding hydrogens is 226 g/mol. The third-order valence-electron chi connectivity index (χ3n) is 3.14. The summed E-state index contributed by atoms with van der Waals surface area (Å²) in [6.45, 7) is 4.31. The highest BCUT2D eigenvalue weighted by Gasteiger charge is 1.97. The van der Waals surface area contributed by atoms with E-state index >= 15 is 0 Å². The lowest BCUT2D eigenvalue weighted by molar-refractivity contribution is 0.409. The summed E-state index contributed by atoms with van der Waals surface area (Å²) in [5.41, 5.74) is 0. The van der Waals surface area contributed by atoms with Crippen LogP contribution in [0.25, 0.3) is 0 Å². The number of hydrogen-bond acceptors (Lipinski definition) is 4. The summed E-state index contributed by atoms with van der Waals surface area (Å²) < 4.78 is 4.68. The van der Waals surface area contributed by atoms with Crippen LogP contribution in [0.2, 0.25) is 0 Å². The van der Waals surface area contributed by atoms with Crippen molar-refractivity contribution in [2.75, 3.05) is 13.1 Å². The first-order valence-electron chi connectivity index (χ1n) is 7.39. The lowest BCUT2D eigenvalue weighted by Crippen LogP contribution is -2.18. The second kappa shape index (κ2) is 11.2. The molecule has 18 heavy (non-hydrogen) atoms. The smallest absolute Gasteiger partial charge is 0.213 e. The molecule has 0 radical (unpaired) electrons. The Morgan fingerprint density at radius 1 is 1.00 bits per heavy atom. The van der Waals surface area contributed by atoms with E-state index in [1.54, 1.807) is 0 Å². The number of nitrogens with zero attached hydrogens (tertiary/aromatic N) is 2. The van der Waals surface area contributed by atoms with Crippen LogP contribution in [0.1, 0.15) is 64.1 Å². The molecule has 0 atom stereocenters. The maximum Gasteiger partial charge on any atom is 0.213 e. The van der Waals surface area contributed by atoms with Crippen LogP contribution in [0.5, 0.6) is 0 Å². The third kappa shape index (κ3) is 8.23. The van der Waals surface area contributed by atoms with Crippen molar-refractivity contribution in [3.8, 4) is 0 Å². The molecule has 1 rings (SSSR count). The van der Waals surface area contributed by atoms with E-state index in [4.69, 9.17) is 0 Å². The van der Waals surface area contributed by atoms with E-state index in [9.17, 15) is 0 Å². The van der Waals surface area contributed by atoms with Crippen molar-refractivity contribution in [1.29, 1.82) is 0 Å². The van der Waals surface area contributed by atoms with Crippen molar-refractivity contribution < 1.29 is 4.52 Å². The van der Waals surface area contributed by atoms with Gasteiger partial charge >= 0.3 is 0 Å². The van der Waals surface area contributed by atoms with Crippen LogP contribution < -0.4 is 5.32 Å². The molecule has 1 heterocycles. The summed E-state index contributed by atoms with van der Waals surface area (Å²) in [6, 6.07) is 0. The Kier molecular flexibility index (Phi) is 9.44. The summed E-state index contributed by atoms with van der Waals surface area (Å²) >= 11 is 0. The Hall–Kier alpha value is -0.900. The van der Waals surface area contributed by atoms with Crippen LogP contribution in [-0.2, 0) is 6.42 Å². The molecule has 1 N–H and O–H groups in total. The van der Waals surface area contributed by atoms with Gasteiger partial charge in [-0.15, -0.1) is 0 Å². The minimum Gasteiger partial charge on any atom is -0.343 e. The first kappa shape index (κ1) is 15.2. The minimum atomic E-state index is 0.790. The summed E-state index contributed by atoms with van der Waals surface area (Å²) in [6.07, 6.45) is 13.2. The van der Waals surface area contributed by atoms with Gasteiger partial charge in [0.15, 0.2) is 5.82 Å². The molecule has 0 spiro atoms. The minimum absolute atomic E-state index is 0.790. The first-order chi connectivity index (χ1) is 8.93. The fraction of sp³-hybridized carbons (Fsp3) is 0.857. The molecular formula is C14H27N3O. The largest absolute Gasteiger partial charge is 0.343 e. The zero-order valence-corrected chi connectivity index (χ0v) is 11.7. The van der Waals surface area contributed by atoms with Crippen LogP contribution in [-0.4, -0.2) is 23.2 Å². The van der Waals surface area contributed by atoms with Gasteiger partial charge in [-0.05, 0) is 13.0 Å². The molecule has 0 aliphatic carbocycles. The van der Waals surface area contributed by atoms with Crippen molar-refractivity contribution >= 4 is 0 Å². The molecule has 104 valence electrons. The zero-order valence-electron chi connectivity index (χ0n) is 11.7. The number of aromatic nitrogens is 2. The average Bonchev–Trinajstić information content (AvgIpc) is 2.89. The SMILES string of the molecule is CCCCCCCCCCNCCc1ncon1. The maximum absolute atomic E-state index is 4.68. The van der Waals surface area contributed by atoms with E-state index in [1.165, 1.54) is 57.8 Å². The van der Waals surface area contributed by atoms with E-state index in [0.717, 1.165) is 25.3 Å². The monoisotopic (exact) mass is 253 g/mol. The molecule has 0 fully saturated rings. The molecule has 0 aromatic carbocycles. The quantitative estimate of drug-likeness (QED) is 0.580. The Morgan fingerprint density at radius 2 is 1.72 bits per heavy atom. The van der Waals surface area contributed by atoms with Gasteiger partial charge in [-0.2, -0.15) is 4.98 Å². The van der Waals surface area contributed by atoms with Gasteiger partial charge in [0, 0.05) is 13.0 Å². The van der Waals surface area contributed by atoms with Gasteiger partial charge in [0.1, 0.15) is 0 Å². The van der Waals surface area contributed by atoms with Gasteiger partial charge < -0.3 is 9.84 Å². The molecule has 0 bridgehead atoms. The van der Waals surface area contributed by atoms with Crippen LogP contribution in [0.15, 0.2) is 10.9 Å². The van der Waals surface area contributed by atoms with Crippen LogP contribution in [0.3, 0.4) is 0 Å². The van der Waals surface area contributed by atoms with Crippen LogP contribution >= 0.6 is 0 Å². The molecule has 0 unspecified atom stereocenters. The lowest BCUT2D eigenvalue weighted by atomic mass is 10.1. The number of rotatable bonds is 12. The standard InChI is InChI=1S/C14H27N3O/c1-2-3-4-5-6-7-8-9-11-15-12-10-14-16-13-18-17-14/h13,15H,2-12H2,1H3. The second-order valence-corrected chi connectivity index (χ2v) is 4.82. The van der Waals surface area contributed by atoms with E-state index in [1.807, 2.05) is 0 Å². The van der Waals surface area contributed by atoms with Gasteiger partial charge in [-0.25, -0.2) is 0 Å². The van der Waals surface area contributed by atoms with Gasteiger partial charge in [0.2, 0.25) is 6.39 Å². The Balaban J connectivity index is 1.73. The Morgan fingerprint density at radius 3 is 2.39 bits per heavy atom. The lowest BCUT2D eigenvalue weighted by Gasteiger charge is -2.03. The zero-order chi connectivity index (χ0) is 12.9. The van der Waals surface area contributed by atoms with E-state index in [0.29, 0.717) is 0 Å². The molecule has 0 aliphatic heterocycles. The molecule has 0 saturated carbocycles. The van der Waals surface area contributed by atoms with E-state index in [2.05, 4.69) is 26.9 Å². The number of unbranched alkanes of at least 4 members (excludes halogenated alkanes) is 7. The molecule has 0 aliphatic rings. The van der Waals surface area contributed by atoms with Crippen LogP contribution in [0, 0.1) is 0 Å². The highest BCUT2D eigenvalue weighted by molar-refractivity contribution is 4.78. The average molecular weight is 253 g/mol. The highest BCUT2D eigenvalue weighted by Crippen LogP contribution is 2.07. The number of hydrogen-bond donors (Lipinski definition) is 1. The Bertz CT molecular complexity index is 262. The Labute approximate surface area is 111 Å². The van der Waals surface area contributed by atoms with Gasteiger partial charge in [0.05, 0.1) is 0 Å². The van der Waals surface area contributed by atoms with Gasteiger partial charge in [-0.3, -0.25) is 0 Å². The van der Waals surface area contributed by atoms with Crippen molar-refractivity contribution in [3.05, 3.63) is 12.2 Å². The van der Waals surface area contributed by atoms with E-state index < -0.39 is 0 Å². The molecule has 4 heteroatoms. The van der Waals surface area contributed by atoms with Crippen molar-refractivity contribution in [1.82, 2.24) is 15.5 Å². The molecule has 1 aromatic heterocycles. The molecule has 4 nitrogen and oxygen atoms in total. The van der Waals surface area contributed by atoms with E-state index in [-0.39, 0.29) is 0 Å². The predicted molar refractivity (Wildman–Crippen MR) is 73.5 cm³/mol. The molecule has 0 amide bonds. The first-order valence-corrected chi connectivity index (χ1v) is 7.39. The summed E-state index contributed by atoms with van der Waals surface area (Å²) in [7, 11) is 0. The number of nitrogens with one attached hydrogen (secondary N) is 1. The fourth-order valence-corrected chi connectivity index (χ4v) is 2.01. The summed E-state index contributed by atoms with van der Waals surface area (Å²) in [5, 5.41) is 7.19. The van der Waals surface area contributed by atoms with Crippen molar-refractivity contribution in [3.63, 3.8) is 0 Å². The van der Waals surface area contributed by atoms with Crippen molar-refractivity contribution in [2.45, 2.75) is 64.7 Å². The molecule has 1 aromatic rings. The fourth-order valence-electron chi connectivity index (χ4n) is 2.01. The maximum atomic E-state index is 4.68. The molecule has 0 saturated heterocycles. The van der Waals surface area contributed by atoms with Crippen molar-refractivity contribution in [2.24, 2.45) is 0 Å². The second-order valence-electron chi connectivity index (χ2n) is 4.82.